The second kappa shape index (κ2) is 7.75. The molecule has 1 atom stereocenters. The zero-order valence-electron chi connectivity index (χ0n) is 17.1. The van der Waals surface area contributed by atoms with Crippen LogP contribution in [0.4, 0.5) is 0 Å². The topological polar surface area (TPSA) is 61.2 Å². The van der Waals surface area contributed by atoms with Gasteiger partial charge in [-0.3, -0.25) is 14.2 Å². The molecule has 0 amide bonds. The molecule has 0 spiro atoms. The summed E-state index contributed by atoms with van der Waals surface area (Å²) in [6.45, 7) is 6.92. The number of rotatable bonds is 4. The lowest BCUT2D eigenvalue weighted by atomic mass is 9.72. The number of nitrogens with zero attached hydrogens (tertiary/aromatic N) is 2. The average Bonchev–Trinajstić information content (AvgIpc) is 3.07. The van der Waals surface area contributed by atoms with Gasteiger partial charge in [0.15, 0.2) is 0 Å². The highest BCUT2D eigenvalue weighted by Gasteiger charge is 2.31. The third kappa shape index (κ3) is 4.13. The molecule has 1 aromatic carbocycles. The lowest BCUT2D eigenvalue weighted by Gasteiger charge is -2.33. The molecule has 0 bridgehead atoms. The van der Waals surface area contributed by atoms with E-state index in [4.69, 9.17) is 4.74 Å². The number of aromatic nitrogens is 2. The molecule has 152 valence electrons. The molecular formula is C23H26N2O3S. The number of thiophene rings is 1. The molecule has 6 heteroatoms. The molecule has 4 rings (SSSR count). The van der Waals surface area contributed by atoms with E-state index in [0.29, 0.717) is 11.3 Å². The van der Waals surface area contributed by atoms with Crippen LogP contribution >= 0.6 is 11.3 Å². The smallest absolute Gasteiger partial charge is 0.326 e. The fraction of sp³-hybridized carbons (Fsp3) is 0.435. The summed E-state index contributed by atoms with van der Waals surface area (Å²) in [5.74, 6) is 0.173. The molecule has 2 heterocycles. The Morgan fingerprint density at radius 3 is 2.76 bits per heavy atom. The van der Waals surface area contributed by atoms with Crippen LogP contribution in [0.5, 0.6) is 0 Å². The van der Waals surface area contributed by atoms with Gasteiger partial charge in [-0.25, -0.2) is 4.98 Å². The molecule has 3 aromatic rings. The van der Waals surface area contributed by atoms with Crippen LogP contribution in [0.15, 0.2) is 41.5 Å². The lowest BCUT2D eigenvalue weighted by molar-refractivity contribution is -0.145. The number of carbonyl (C=O) groups is 1. The second-order valence-corrected chi connectivity index (χ2v) is 9.90. The summed E-state index contributed by atoms with van der Waals surface area (Å²) >= 11 is 1.63. The third-order valence-electron chi connectivity index (χ3n) is 5.80. The summed E-state index contributed by atoms with van der Waals surface area (Å²) in [6.07, 6.45) is 4.45. The Bertz CT molecular complexity index is 1090. The van der Waals surface area contributed by atoms with E-state index in [1.807, 2.05) is 30.3 Å². The molecule has 29 heavy (non-hydrogen) atoms. The first-order valence-corrected chi connectivity index (χ1v) is 10.8. The molecule has 5 nitrogen and oxygen atoms in total. The van der Waals surface area contributed by atoms with Gasteiger partial charge in [-0.05, 0) is 41.7 Å². The summed E-state index contributed by atoms with van der Waals surface area (Å²) in [4.78, 5) is 31.9. The van der Waals surface area contributed by atoms with Crippen molar-refractivity contribution < 1.29 is 9.53 Å². The van der Waals surface area contributed by atoms with Gasteiger partial charge >= 0.3 is 5.97 Å². The molecular weight excluding hydrogens is 384 g/mol. The van der Waals surface area contributed by atoms with Crippen LogP contribution in [0.3, 0.4) is 0 Å². The van der Waals surface area contributed by atoms with Gasteiger partial charge in [0.2, 0.25) is 0 Å². The van der Waals surface area contributed by atoms with E-state index in [9.17, 15) is 9.59 Å². The molecule has 0 radical (unpaired) electrons. The first kappa shape index (κ1) is 19.8. The molecule has 0 saturated carbocycles. The molecule has 2 aromatic heterocycles. The summed E-state index contributed by atoms with van der Waals surface area (Å²) in [5.41, 5.74) is 2.17. The van der Waals surface area contributed by atoms with Gasteiger partial charge in [-0.15, -0.1) is 11.3 Å². The fourth-order valence-corrected chi connectivity index (χ4v) is 5.23. The Labute approximate surface area is 174 Å². The van der Waals surface area contributed by atoms with E-state index in [0.717, 1.165) is 35.2 Å². The van der Waals surface area contributed by atoms with Crippen LogP contribution in [0, 0.1) is 11.3 Å². The van der Waals surface area contributed by atoms with Gasteiger partial charge < -0.3 is 4.74 Å². The minimum absolute atomic E-state index is 0.121. The van der Waals surface area contributed by atoms with E-state index in [-0.39, 0.29) is 24.1 Å². The van der Waals surface area contributed by atoms with E-state index < -0.39 is 5.97 Å². The third-order valence-corrected chi connectivity index (χ3v) is 6.96. The van der Waals surface area contributed by atoms with Gasteiger partial charge in [0.1, 0.15) is 18.0 Å². The highest BCUT2D eigenvalue weighted by molar-refractivity contribution is 7.18. The van der Waals surface area contributed by atoms with E-state index in [1.165, 1.54) is 15.8 Å². The van der Waals surface area contributed by atoms with Gasteiger partial charge in [-0.2, -0.15) is 0 Å². The van der Waals surface area contributed by atoms with Gasteiger partial charge in [-0.1, -0.05) is 51.1 Å². The van der Waals surface area contributed by atoms with Crippen LogP contribution < -0.4 is 5.56 Å². The van der Waals surface area contributed by atoms with Gasteiger partial charge in [0.25, 0.3) is 5.56 Å². The first-order chi connectivity index (χ1) is 13.8. The summed E-state index contributed by atoms with van der Waals surface area (Å²) in [5, 5.41) is 0.690. The van der Waals surface area contributed by atoms with Crippen LogP contribution in [-0.2, 0) is 35.5 Å². The van der Waals surface area contributed by atoms with Crippen molar-refractivity contribution in [3.63, 3.8) is 0 Å². The van der Waals surface area contributed by atoms with Crippen molar-refractivity contribution in [2.75, 3.05) is 0 Å². The number of ether oxygens (including phenoxy) is 1. The summed E-state index contributed by atoms with van der Waals surface area (Å²) in [7, 11) is 0. The highest BCUT2D eigenvalue weighted by Crippen LogP contribution is 2.41. The second-order valence-electron chi connectivity index (χ2n) is 8.81. The Hall–Kier alpha value is -2.47. The minimum atomic E-state index is -0.436. The Morgan fingerprint density at radius 1 is 1.28 bits per heavy atom. The van der Waals surface area contributed by atoms with E-state index >= 15 is 0 Å². The van der Waals surface area contributed by atoms with E-state index in [2.05, 4.69) is 25.8 Å². The maximum atomic E-state index is 13.1. The fourth-order valence-electron chi connectivity index (χ4n) is 3.98. The first-order valence-electron chi connectivity index (χ1n) is 10.0. The van der Waals surface area contributed by atoms with E-state index in [1.54, 1.807) is 11.3 Å². The van der Waals surface area contributed by atoms with Crippen molar-refractivity contribution >= 4 is 27.5 Å². The van der Waals surface area contributed by atoms with Crippen molar-refractivity contribution in [3.05, 3.63) is 63.0 Å². The zero-order chi connectivity index (χ0) is 20.6. The molecule has 0 fully saturated rings. The predicted molar refractivity (Wildman–Crippen MR) is 115 cm³/mol. The maximum absolute atomic E-state index is 13.1. The van der Waals surface area contributed by atoms with Crippen molar-refractivity contribution in [1.82, 2.24) is 9.55 Å². The van der Waals surface area contributed by atoms with Crippen molar-refractivity contribution in [2.45, 2.75) is 53.2 Å². The zero-order valence-corrected chi connectivity index (χ0v) is 17.9. The molecule has 1 aliphatic rings. The molecule has 0 saturated heterocycles. The monoisotopic (exact) mass is 410 g/mol. The van der Waals surface area contributed by atoms with Crippen LogP contribution in [0.25, 0.3) is 10.2 Å². The van der Waals surface area contributed by atoms with Crippen LogP contribution in [-0.4, -0.2) is 15.5 Å². The number of hydrogen-bond acceptors (Lipinski definition) is 5. The Balaban J connectivity index is 1.54. The summed E-state index contributed by atoms with van der Waals surface area (Å²) in [6, 6.07) is 9.51. The normalized spacial score (nSPS) is 16.6. The number of carbonyl (C=O) groups excluding carboxylic acids is 1. The number of fused-ring (bicyclic) bond motifs is 3. The molecule has 0 aliphatic heterocycles. The van der Waals surface area contributed by atoms with Crippen molar-refractivity contribution in [2.24, 2.45) is 11.3 Å². The Morgan fingerprint density at radius 2 is 2.03 bits per heavy atom. The number of benzene rings is 1. The largest absolute Gasteiger partial charge is 0.459 e. The predicted octanol–water partition coefficient (Wildman–Crippen LogP) is 4.35. The van der Waals surface area contributed by atoms with Crippen LogP contribution in [0.2, 0.25) is 0 Å². The summed E-state index contributed by atoms with van der Waals surface area (Å²) < 4.78 is 6.69. The molecule has 0 unspecified atom stereocenters. The van der Waals surface area contributed by atoms with Crippen LogP contribution in [0.1, 0.15) is 43.2 Å². The average molecular weight is 411 g/mol. The van der Waals surface area contributed by atoms with Crippen molar-refractivity contribution in [1.29, 1.82) is 0 Å². The maximum Gasteiger partial charge on any atom is 0.326 e. The quantitative estimate of drug-likeness (QED) is 0.600. The van der Waals surface area contributed by atoms with Gasteiger partial charge in [0, 0.05) is 4.88 Å². The molecule has 0 N–H and O–H groups in total. The standard InChI is InChI=1S/C23H26N2O3S/c1-23(2,3)16-9-10-17-18(11-16)29-21-20(17)22(27)25(14-24-21)12-19(26)28-13-15-7-5-4-6-8-15/h4-8,14,16H,9-13H2,1-3H3/t16-/m0/s1. The highest BCUT2D eigenvalue weighted by atomic mass is 32.1. The SMILES string of the molecule is CC(C)(C)[C@H]1CCc2c(sc3ncn(CC(=O)OCc4ccccc4)c(=O)c23)C1. The number of aryl methyl sites for hydroxylation is 1. The number of esters is 1. The Kier molecular flexibility index (Phi) is 5.30. The van der Waals surface area contributed by atoms with Crippen molar-refractivity contribution in [3.8, 4) is 0 Å². The lowest BCUT2D eigenvalue weighted by Crippen LogP contribution is -2.28. The molecule has 1 aliphatic carbocycles. The minimum Gasteiger partial charge on any atom is -0.459 e. The van der Waals surface area contributed by atoms with Gasteiger partial charge in [0.05, 0.1) is 11.7 Å². The number of hydrogen-bond donors (Lipinski definition) is 0.